The lowest BCUT2D eigenvalue weighted by atomic mass is 10.2. The fraction of sp³-hybridized carbons (Fsp3) is 0.312. The summed E-state index contributed by atoms with van der Waals surface area (Å²) in [6.07, 6.45) is 3.46. The fourth-order valence-electron chi connectivity index (χ4n) is 2.84. The van der Waals surface area contributed by atoms with Gasteiger partial charge in [0.05, 0.1) is 9.79 Å². The minimum Gasteiger partial charge on any atom is -0.296 e. The number of benzene rings is 1. The van der Waals surface area contributed by atoms with Crippen LogP contribution in [-0.4, -0.2) is 57.2 Å². The van der Waals surface area contributed by atoms with Gasteiger partial charge in [0.15, 0.2) is 0 Å². The number of nitrogens with zero attached hydrogens (tertiary/aromatic N) is 3. The molecule has 1 aromatic carbocycles. The van der Waals surface area contributed by atoms with Gasteiger partial charge in [-0.3, -0.25) is 9.88 Å². The van der Waals surface area contributed by atoms with Crippen LogP contribution in [0.15, 0.2) is 58.6 Å². The standard InChI is InChI=1S/C16H20N4O4S2/c17-25(21,22)15-2-1-3-16(12-15)26(23,24)20-10-8-19(9-11-20)13-14-4-6-18-7-5-14/h1-7,12H,8-11,13H2,(H2,17,21,22). The highest BCUT2D eigenvalue weighted by Gasteiger charge is 2.29. The van der Waals surface area contributed by atoms with Gasteiger partial charge in [0, 0.05) is 45.1 Å². The van der Waals surface area contributed by atoms with Gasteiger partial charge >= 0.3 is 0 Å². The lowest BCUT2D eigenvalue weighted by Crippen LogP contribution is -2.48. The van der Waals surface area contributed by atoms with E-state index in [2.05, 4.69) is 9.88 Å². The van der Waals surface area contributed by atoms with Crippen molar-refractivity contribution in [2.24, 2.45) is 5.14 Å². The topological polar surface area (TPSA) is 114 Å². The lowest BCUT2D eigenvalue weighted by Gasteiger charge is -2.34. The molecule has 1 aromatic heterocycles. The first-order valence-corrected chi connectivity index (χ1v) is 11.0. The molecule has 140 valence electrons. The summed E-state index contributed by atoms with van der Waals surface area (Å²) in [6.45, 7) is 2.60. The van der Waals surface area contributed by atoms with E-state index in [4.69, 9.17) is 5.14 Å². The third-order valence-corrected chi connectivity index (χ3v) is 7.06. The van der Waals surface area contributed by atoms with Crippen LogP contribution in [0.5, 0.6) is 0 Å². The minimum absolute atomic E-state index is 0.0633. The molecule has 0 atom stereocenters. The Morgan fingerprint density at radius 2 is 1.54 bits per heavy atom. The van der Waals surface area contributed by atoms with E-state index < -0.39 is 20.0 Å². The van der Waals surface area contributed by atoms with Crippen molar-refractivity contribution in [3.63, 3.8) is 0 Å². The molecule has 0 radical (unpaired) electrons. The zero-order valence-electron chi connectivity index (χ0n) is 14.0. The smallest absolute Gasteiger partial charge is 0.243 e. The maximum absolute atomic E-state index is 12.8. The van der Waals surface area contributed by atoms with Crippen LogP contribution in [0, 0.1) is 0 Å². The summed E-state index contributed by atoms with van der Waals surface area (Å²) < 4.78 is 49.9. The summed E-state index contributed by atoms with van der Waals surface area (Å²) in [7, 11) is -7.72. The predicted octanol–water partition coefficient (Wildman–Crippen LogP) is 0.236. The van der Waals surface area contributed by atoms with Gasteiger partial charge in [-0.2, -0.15) is 4.31 Å². The van der Waals surface area contributed by atoms with Crippen LogP contribution in [0.3, 0.4) is 0 Å². The van der Waals surface area contributed by atoms with Crippen molar-refractivity contribution in [1.29, 1.82) is 0 Å². The fourth-order valence-corrected chi connectivity index (χ4v) is 4.94. The molecule has 2 aromatic rings. The van der Waals surface area contributed by atoms with Gasteiger partial charge in [0.25, 0.3) is 0 Å². The minimum atomic E-state index is -3.96. The van der Waals surface area contributed by atoms with E-state index in [-0.39, 0.29) is 9.79 Å². The van der Waals surface area contributed by atoms with Crippen molar-refractivity contribution >= 4 is 20.0 Å². The van der Waals surface area contributed by atoms with E-state index in [0.717, 1.165) is 18.2 Å². The Hall–Kier alpha value is -1.85. The van der Waals surface area contributed by atoms with Crippen molar-refractivity contribution in [3.05, 3.63) is 54.4 Å². The second kappa shape index (κ2) is 7.41. The number of aromatic nitrogens is 1. The summed E-state index contributed by atoms with van der Waals surface area (Å²) in [4.78, 5) is 5.88. The largest absolute Gasteiger partial charge is 0.296 e. The summed E-state index contributed by atoms with van der Waals surface area (Å²) in [5.41, 5.74) is 1.12. The molecule has 1 aliphatic rings. The third kappa shape index (κ3) is 4.27. The zero-order chi connectivity index (χ0) is 18.8. The molecule has 1 saturated heterocycles. The molecule has 0 unspecified atom stereocenters. The molecule has 2 heterocycles. The molecule has 2 N–H and O–H groups in total. The van der Waals surface area contributed by atoms with Crippen LogP contribution < -0.4 is 5.14 Å². The summed E-state index contributed by atoms with van der Waals surface area (Å²) in [6, 6.07) is 9.01. The summed E-state index contributed by atoms with van der Waals surface area (Å²) in [5.74, 6) is 0. The van der Waals surface area contributed by atoms with E-state index in [1.54, 1.807) is 12.4 Å². The SMILES string of the molecule is NS(=O)(=O)c1cccc(S(=O)(=O)N2CCN(Cc3ccncc3)CC2)c1. The van der Waals surface area contributed by atoms with Gasteiger partial charge in [0.2, 0.25) is 20.0 Å². The highest BCUT2D eigenvalue weighted by atomic mass is 32.2. The Labute approximate surface area is 153 Å². The van der Waals surface area contributed by atoms with Crippen molar-refractivity contribution in [2.75, 3.05) is 26.2 Å². The number of hydrogen-bond acceptors (Lipinski definition) is 6. The number of hydrogen-bond donors (Lipinski definition) is 1. The maximum Gasteiger partial charge on any atom is 0.243 e. The first-order chi connectivity index (χ1) is 12.3. The molecular weight excluding hydrogens is 376 g/mol. The molecule has 3 rings (SSSR count). The van der Waals surface area contributed by atoms with Crippen LogP contribution in [0.25, 0.3) is 0 Å². The van der Waals surface area contributed by atoms with Crippen molar-refractivity contribution in [1.82, 2.24) is 14.2 Å². The number of pyridine rings is 1. The first kappa shape index (κ1) is 18.9. The van der Waals surface area contributed by atoms with Crippen LogP contribution in [-0.2, 0) is 26.6 Å². The lowest BCUT2D eigenvalue weighted by molar-refractivity contribution is 0.181. The number of piperazine rings is 1. The molecule has 0 bridgehead atoms. The molecule has 26 heavy (non-hydrogen) atoms. The molecule has 8 nitrogen and oxygen atoms in total. The number of rotatable bonds is 5. The average molecular weight is 396 g/mol. The monoisotopic (exact) mass is 396 g/mol. The average Bonchev–Trinajstić information content (AvgIpc) is 2.62. The molecule has 0 spiro atoms. The van der Waals surface area contributed by atoms with E-state index >= 15 is 0 Å². The van der Waals surface area contributed by atoms with Gasteiger partial charge in [-0.25, -0.2) is 22.0 Å². The Morgan fingerprint density at radius 3 is 2.15 bits per heavy atom. The van der Waals surface area contributed by atoms with Crippen LogP contribution >= 0.6 is 0 Å². The van der Waals surface area contributed by atoms with Crippen LogP contribution in [0.1, 0.15) is 5.56 Å². The predicted molar refractivity (Wildman–Crippen MR) is 96.1 cm³/mol. The molecular formula is C16H20N4O4S2. The van der Waals surface area contributed by atoms with Crippen LogP contribution in [0.4, 0.5) is 0 Å². The summed E-state index contributed by atoms with van der Waals surface area (Å²) in [5, 5.41) is 5.09. The van der Waals surface area contributed by atoms with Crippen molar-refractivity contribution in [2.45, 2.75) is 16.3 Å². The molecule has 1 fully saturated rings. The van der Waals surface area contributed by atoms with E-state index in [1.807, 2.05) is 12.1 Å². The van der Waals surface area contributed by atoms with Gasteiger partial charge < -0.3 is 0 Å². The van der Waals surface area contributed by atoms with Gasteiger partial charge in [-0.05, 0) is 35.9 Å². The maximum atomic E-state index is 12.8. The Bertz CT molecular complexity index is 970. The quantitative estimate of drug-likeness (QED) is 0.774. The van der Waals surface area contributed by atoms with Gasteiger partial charge in [0.1, 0.15) is 0 Å². The molecule has 0 saturated carbocycles. The van der Waals surface area contributed by atoms with E-state index in [1.165, 1.54) is 22.5 Å². The Balaban J connectivity index is 1.70. The normalized spacial score (nSPS) is 17.3. The van der Waals surface area contributed by atoms with Crippen LogP contribution in [0.2, 0.25) is 0 Å². The van der Waals surface area contributed by atoms with E-state index in [9.17, 15) is 16.8 Å². The highest BCUT2D eigenvalue weighted by molar-refractivity contribution is 7.90. The first-order valence-electron chi connectivity index (χ1n) is 8.01. The molecule has 1 aliphatic heterocycles. The Morgan fingerprint density at radius 1 is 0.923 bits per heavy atom. The molecule has 10 heteroatoms. The number of primary sulfonamides is 1. The highest BCUT2D eigenvalue weighted by Crippen LogP contribution is 2.21. The Kier molecular flexibility index (Phi) is 5.39. The number of nitrogens with two attached hydrogens (primary N) is 1. The number of sulfonamides is 2. The van der Waals surface area contributed by atoms with E-state index in [0.29, 0.717) is 26.2 Å². The molecule has 0 aliphatic carbocycles. The second-order valence-electron chi connectivity index (χ2n) is 6.06. The summed E-state index contributed by atoms with van der Waals surface area (Å²) >= 11 is 0. The zero-order valence-corrected chi connectivity index (χ0v) is 15.7. The molecule has 0 amide bonds. The second-order valence-corrected chi connectivity index (χ2v) is 9.55. The van der Waals surface area contributed by atoms with Gasteiger partial charge in [-0.15, -0.1) is 0 Å². The van der Waals surface area contributed by atoms with Crippen molar-refractivity contribution < 1.29 is 16.8 Å². The van der Waals surface area contributed by atoms with Crippen molar-refractivity contribution in [3.8, 4) is 0 Å². The van der Waals surface area contributed by atoms with Gasteiger partial charge in [-0.1, -0.05) is 6.07 Å². The third-order valence-electron chi connectivity index (χ3n) is 4.26.